The maximum Gasteiger partial charge on any atom is 0.410 e. The SMILES string of the molecule is CCOP(C)(=O)c1cc(C(=O)OCc2ccccc2)cc(CN2CCN(Cc3cc(C(=O)OCc4ccccc4)cc(P(C)(C)=O)n3)CCN(C(=O)OC(C)(C)C)CC2)n1. The Labute approximate surface area is 353 Å². The van der Waals surface area contributed by atoms with Crippen LogP contribution in [0.15, 0.2) is 84.9 Å². The molecule has 4 aromatic rings. The van der Waals surface area contributed by atoms with Gasteiger partial charge in [-0.15, -0.1) is 0 Å². The molecule has 2 aromatic carbocycles. The second kappa shape index (κ2) is 20.7. The van der Waals surface area contributed by atoms with Gasteiger partial charge in [0.25, 0.3) is 0 Å². The van der Waals surface area contributed by atoms with Gasteiger partial charge >= 0.3 is 18.0 Å². The van der Waals surface area contributed by atoms with Crippen LogP contribution in [-0.2, 0) is 54.2 Å². The minimum absolute atomic E-state index is 0.0621. The molecular weight excluding hydrogens is 804 g/mol. The van der Waals surface area contributed by atoms with Crippen molar-refractivity contribution in [1.82, 2.24) is 24.7 Å². The van der Waals surface area contributed by atoms with Crippen LogP contribution in [0.1, 0.15) is 70.9 Å². The molecule has 14 nitrogen and oxygen atoms in total. The third-order valence-electron chi connectivity index (χ3n) is 9.50. The molecular formula is C44H57N5O9P2. The summed E-state index contributed by atoms with van der Waals surface area (Å²) in [6.07, 6.45) is -0.460. The fraction of sp³-hybridized carbons (Fsp3) is 0.432. The van der Waals surface area contributed by atoms with Gasteiger partial charge in [0.05, 0.1) is 29.1 Å². The molecule has 0 N–H and O–H groups in total. The Bertz CT molecular complexity index is 2200. The van der Waals surface area contributed by atoms with E-state index in [0.29, 0.717) is 56.1 Å². The van der Waals surface area contributed by atoms with E-state index in [2.05, 4.69) is 9.80 Å². The predicted molar refractivity (Wildman–Crippen MR) is 232 cm³/mol. The lowest BCUT2D eigenvalue weighted by Gasteiger charge is -2.29. The molecule has 1 aliphatic rings. The van der Waals surface area contributed by atoms with Crippen LogP contribution in [0.25, 0.3) is 0 Å². The zero-order valence-corrected chi connectivity index (χ0v) is 37.5. The fourth-order valence-electron chi connectivity index (χ4n) is 6.38. The summed E-state index contributed by atoms with van der Waals surface area (Å²) in [5, 5.41) is 0. The Morgan fingerprint density at radius 3 is 1.52 bits per heavy atom. The number of carbonyl (C=O) groups excluding carboxylic acids is 3. The number of aromatic nitrogens is 2. The number of esters is 2. The molecule has 3 heterocycles. The summed E-state index contributed by atoms with van der Waals surface area (Å²) in [5.74, 6) is -1.14. The number of rotatable bonds is 14. The summed E-state index contributed by atoms with van der Waals surface area (Å²) >= 11 is 0. The standard InChI is InChI=1S/C44H57N5O9P2/c1-8-57-60(7,54)40-28-36(42(51)56-32-34-17-13-10-14-18-34)26-38(46-40)30-48-20-19-47(21-23-49(24-22-48)43(52)58-44(2,3)4)29-37-25-35(27-39(45-37)59(5,6)53)41(50)55-31-33-15-11-9-12-16-33/h9-18,25-28H,8,19-24,29-32H2,1-7H3. The Balaban J connectivity index is 1.42. The van der Waals surface area contributed by atoms with E-state index in [9.17, 15) is 23.5 Å². The van der Waals surface area contributed by atoms with Gasteiger partial charge in [0, 0.05) is 59.0 Å². The van der Waals surface area contributed by atoms with Gasteiger partial charge in [-0.3, -0.25) is 14.4 Å². The van der Waals surface area contributed by atoms with Crippen molar-refractivity contribution in [2.24, 2.45) is 0 Å². The average molecular weight is 862 g/mol. The lowest BCUT2D eigenvalue weighted by Crippen LogP contribution is -2.42. The van der Waals surface area contributed by atoms with Crippen molar-refractivity contribution in [3.05, 3.63) is 119 Å². The van der Waals surface area contributed by atoms with E-state index in [-0.39, 0.29) is 49.5 Å². The second-order valence-corrected chi connectivity index (χ2v) is 21.7. The van der Waals surface area contributed by atoms with Crippen LogP contribution in [0.2, 0.25) is 0 Å². The Hall–Kier alpha value is -4.71. The second-order valence-electron chi connectivity index (χ2n) is 16.2. The number of benzene rings is 2. The third-order valence-corrected chi connectivity index (χ3v) is 12.6. The molecule has 1 saturated heterocycles. The number of nitrogens with zero attached hydrogens (tertiary/aromatic N) is 5. The molecule has 5 rings (SSSR count). The summed E-state index contributed by atoms with van der Waals surface area (Å²) in [7, 11) is -6.30. The molecule has 60 heavy (non-hydrogen) atoms. The van der Waals surface area contributed by atoms with Gasteiger partial charge in [0.1, 0.15) is 36.8 Å². The Kier molecular flexibility index (Phi) is 16.0. The molecule has 0 spiro atoms. The number of pyridine rings is 2. The Morgan fingerprint density at radius 1 is 0.650 bits per heavy atom. The quantitative estimate of drug-likeness (QED) is 0.0763. The number of carbonyl (C=O) groups is 3. The van der Waals surface area contributed by atoms with Crippen LogP contribution in [0.5, 0.6) is 0 Å². The lowest BCUT2D eigenvalue weighted by atomic mass is 10.2. The summed E-state index contributed by atoms with van der Waals surface area (Å²) < 4.78 is 49.7. The molecule has 0 bridgehead atoms. The van der Waals surface area contributed by atoms with Crippen molar-refractivity contribution in [2.45, 2.75) is 59.6 Å². The molecule has 1 fully saturated rings. The van der Waals surface area contributed by atoms with Crippen LogP contribution in [0, 0.1) is 0 Å². The van der Waals surface area contributed by atoms with E-state index in [1.165, 1.54) is 18.8 Å². The van der Waals surface area contributed by atoms with E-state index in [4.69, 9.17) is 28.7 Å². The minimum atomic E-state index is -3.41. The molecule has 1 unspecified atom stereocenters. The molecule has 2 aromatic heterocycles. The first kappa shape index (κ1) is 46.4. The van der Waals surface area contributed by atoms with Crippen LogP contribution in [0.3, 0.4) is 0 Å². The molecule has 0 radical (unpaired) electrons. The molecule has 16 heteroatoms. The highest BCUT2D eigenvalue weighted by Gasteiger charge is 2.28. The van der Waals surface area contributed by atoms with Gasteiger partial charge in [0.15, 0.2) is 0 Å². The monoisotopic (exact) mass is 861 g/mol. The summed E-state index contributed by atoms with van der Waals surface area (Å²) in [4.78, 5) is 55.7. The molecule has 0 saturated carbocycles. The van der Waals surface area contributed by atoms with E-state index >= 15 is 0 Å². The normalized spacial score (nSPS) is 15.6. The molecule has 1 aliphatic heterocycles. The van der Waals surface area contributed by atoms with E-state index in [1.807, 2.05) is 81.4 Å². The van der Waals surface area contributed by atoms with Gasteiger partial charge < -0.3 is 28.2 Å². The topological polar surface area (TPSA) is 158 Å². The van der Waals surface area contributed by atoms with Crippen LogP contribution in [-0.4, -0.2) is 114 Å². The van der Waals surface area contributed by atoms with E-state index in [0.717, 1.165) is 11.1 Å². The largest absolute Gasteiger partial charge is 0.457 e. The van der Waals surface area contributed by atoms with E-state index in [1.54, 1.807) is 37.3 Å². The van der Waals surface area contributed by atoms with Gasteiger partial charge in [-0.05, 0) is 76.4 Å². The van der Waals surface area contributed by atoms with Crippen molar-refractivity contribution < 1.29 is 42.2 Å². The lowest BCUT2D eigenvalue weighted by molar-refractivity contribution is 0.0228. The maximum absolute atomic E-state index is 13.7. The first-order chi connectivity index (χ1) is 28.4. The van der Waals surface area contributed by atoms with Crippen LogP contribution < -0.4 is 10.9 Å². The average Bonchev–Trinajstić information content (AvgIpc) is 3.29. The molecule has 1 atom stereocenters. The first-order valence-electron chi connectivity index (χ1n) is 20.0. The van der Waals surface area contributed by atoms with Crippen molar-refractivity contribution in [3.8, 4) is 0 Å². The van der Waals surface area contributed by atoms with E-state index < -0.39 is 38.1 Å². The highest BCUT2D eigenvalue weighted by Crippen LogP contribution is 2.40. The summed E-state index contributed by atoms with van der Waals surface area (Å²) in [5.41, 5.74) is 2.87. The van der Waals surface area contributed by atoms with Crippen molar-refractivity contribution in [3.63, 3.8) is 0 Å². The smallest absolute Gasteiger partial charge is 0.410 e. The molecule has 322 valence electrons. The number of hydrogen-bond donors (Lipinski definition) is 0. The number of hydrogen-bond acceptors (Lipinski definition) is 13. The number of amides is 1. The van der Waals surface area contributed by atoms with Gasteiger partial charge in [-0.1, -0.05) is 60.7 Å². The highest BCUT2D eigenvalue weighted by atomic mass is 31.2. The minimum Gasteiger partial charge on any atom is -0.457 e. The Morgan fingerprint density at radius 2 is 1.08 bits per heavy atom. The first-order valence-corrected chi connectivity index (χ1v) is 24.7. The van der Waals surface area contributed by atoms with Crippen molar-refractivity contribution >= 4 is 43.4 Å². The van der Waals surface area contributed by atoms with Gasteiger partial charge in [-0.25, -0.2) is 24.4 Å². The van der Waals surface area contributed by atoms with Gasteiger partial charge in [0.2, 0.25) is 7.37 Å². The number of ether oxygens (including phenoxy) is 3. The van der Waals surface area contributed by atoms with Crippen LogP contribution >= 0.6 is 14.5 Å². The zero-order valence-electron chi connectivity index (χ0n) is 35.7. The summed E-state index contributed by atoms with van der Waals surface area (Å²) in [6.45, 7) is 15.3. The molecule has 0 aliphatic carbocycles. The van der Waals surface area contributed by atoms with Crippen LogP contribution in [0.4, 0.5) is 4.79 Å². The van der Waals surface area contributed by atoms with Gasteiger partial charge in [-0.2, -0.15) is 0 Å². The van der Waals surface area contributed by atoms with Crippen molar-refractivity contribution in [1.29, 1.82) is 0 Å². The predicted octanol–water partition coefficient (Wildman–Crippen LogP) is 6.56. The highest BCUT2D eigenvalue weighted by molar-refractivity contribution is 7.69. The third kappa shape index (κ3) is 14.2. The molecule has 1 amide bonds. The summed E-state index contributed by atoms with van der Waals surface area (Å²) in [6, 6.07) is 25.0. The maximum atomic E-state index is 13.7. The zero-order chi connectivity index (χ0) is 43.5. The van der Waals surface area contributed by atoms with Crippen molar-refractivity contribution in [2.75, 3.05) is 65.9 Å². The fourth-order valence-corrected chi connectivity index (χ4v) is 8.50.